The van der Waals surface area contributed by atoms with Gasteiger partial charge in [0.15, 0.2) is 11.7 Å². The first kappa shape index (κ1) is 21.4. The quantitative estimate of drug-likeness (QED) is 0.531. The zero-order chi connectivity index (χ0) is 21.0. The van der Waals surface area contributed by atoms with Crippen molar-refractivity contribution in [2.45, 2.75) is 6.92 Å². The number of anilines is 1. The van der Waals surface area contributed by atoms with E-state index in [-0.39, 0.29) is 12.5 Å². The number of hydrogen-bond acceptors (Lipinski definition) is 6. The summed E-state index contributed by atoms with van der Waals surface area (Å²) < 4.78 is 11.7. The minimum absolute atomic E-state index is 0.0810. The Bertz CT molecular complexity index is 950. The van der Waals surface area contributed by atoms with E-state index >= 15 is 0 Å². The fraction of sp³-hybridized carbons (Fsp3) is 0.333. The third kappa shape index (κ3) is 5.18. The Hall–Kier alpha value is -2.35. The SMILES string of the molecule is COc1ccc(OCC(=O)N(CCN(C)C)c2nc3c(C)ccc(Cl)c3s2)cc1. The Kier molecular flexibility index (Phi) is 6.95. The van der Waals surface area contributed by atoms with E-state index in [0.717, 1.165) is 21.5 Å². The second-order valence-corrected chi connectivity index (χ2v) is 8.24. The number of carbonyl (C=O) groups is 1. The minimum atomic E-state index is -0.157. The maximum atomic E-state index is 13.0. The lowest BCUT2D eigenvalue weighted by Gasteiger charge is -2.22. The van der Waals surface area contributed by atoms with Gasteiger partial charge in [0, 0.05) is 13.1 Å². The highest BCUT2D eigenvalue weighted by Gasteiger charge is 2.22. The molecule has 0 bridgehead atoms. The van der Waals surface area contributed by atoms with Crippen LogP contribution in [0.3, 0.4) is 0 Å². The average molecular weight is 434 g/mol. The number of rotatable bonds is 8. The molecule has 0 aliphatic heterocycles. The third-order valence-corrected chi connectivity index (χ3v) is 5.95. The Morgan fingerprint density at radius 3 is 2.41 bits per heavy atom. The molecule has 29 heavy (non-hydrogen) atoms. The normalized spacial score (nSPS) is 11.1. The lowest BCUT2D eigenvalue weighted by molar-refractivity contribution is -0.120. The summed E-state index contributed by atoms with van der Waals surface area (Å²) in [6.07, 6.45) is 0. The van der Waals surface area contributed by atoms with Gasteiger partial charge in [-0.05, 0) is 56.9 Å². The van der Waals surface area contributed by atoms with Crippen molar-refractivity contribution in [3.05, 3.63) is 47.0 Å². The van der Waals surface area contributed by atoms with Crippen LogP contribution < -0.4 is 14.4 Å². The molecule has 0 atom stereocenters. The van der Waals surface area contributed by atoms with Crippen LogP contribution >= 0.6 is 22.9 Å². The van der Waals surface area contributed by atoms with Gasteiger partial charge in [-0.25, -0.2) is 4.98 Å². The smallest absolute Gasteiger partial charge is 0.266 e. The highest BCUT2D eigenvalue weighted by atomic mass is 35.5. The van der Waals surface area contributed by atoms with Crippen molar-refractivity contribution in [2.24, 2.45) is 0 Å². The number of aryl methyl sites for hydroxylation is 1. The van der Waals surface area contributed by atoms with Crippen molar-refractivity contribution in [1.82, 2.24) is 9.88 Å². The summed E-state index contributed by atoms with van der Waals surface area (Å²) in [5.74, 6) is 1.18. The number of hydrogen-bond donors (Lipinski definition) is 0. The molecular formula is C21H24ClN3O3S. The molecule has 6 nitrogen and oxygen atoms in total. The molecule has 1 heterocycles. The summed E-state index contributed by atoms with van der Waals surface area (Å²) >= 11 is 7.77. The van der Waals surface area contributed by atoms with E-state index < -0.39 is 0 Å². The standard InChI is InChI=1S/C21H24ClN3O3S/c1-14-5-10-17(22)20-19(14)23-21(29-20)25(12-11-24(2)3)18(26)13-28-16-8-6-15(27-4)7-9-16/h5-10H,11-13H2,1-4H3. The number of amides is 1. The Morgan fingerprint density at radius 1 is 1.10 bits per heavy atom. The molecule has 0 fully saturated rings. The van der Waals surface area contributed by atoms with Gasteiger partial charge in [0.2, 0.25) is 0 Å². The third-order valence-electron chi connectivity index (χ3n) is 4.41. The number of benzene rings is 2. The Morgan fingerprint density at radius 2 is 1.79 bits per heavy atom. The highest BCUT2D eigenvalue weighted by molar-refractivity contribution is 7.23. The van der Waals surface area contributed by atoms with Crippen molar-refractivity contribution in [2.75, 3.05) is 45.8 Å². The van der Waals surface area contributed by atoms with E-state index in [9.17, 15) is 4.79 Å². The van der Waals surface area contributed by atoms with E-state index in [0.29, 0.717) is 29.0 Å². The molecule has 0 aliphatic carbocycles. The molecule has 1 amide bonds. The summed E-state index contributed by atoms with van der Waals surface area (Å²) in [5.41, 5.74) is 1.86. The Labute approximate surface area is 179 Å². The van der Waals surface area contributed by atoms with Crippen molar-refractivity contribution in [3.8, 4) is 11.5 Å². The number of carbonyl (C=O) groups excluding carboxylic acids is 1. The predicted molar refractivity (Wildman–Crippen MR) is 119 cm³/mol. The molecule has 0 N–H and O–H groups in total. The number of ether oxygens (including phenoxy) is 2. The topological polar surface area (TPSA) is 54.9 Å². The number of nitrogens with zero attached hydrogens (tertiary/aromatic N) is 3. The Balaban J connectivity index is 1.81. The number of likely N-dealkylation sites (N-methyl/N-ethyl adjacent to an activating group) is 1. The van der Waals surface area contributed by atoms with Crippen LogP contribution in [0.15, 0.2) is 36.4 Å². The van der Waals surface area contributed by atoms with Crippen LogP contribution in [0.4, 0.5) is 5.13 Å². The largest absolute Gasteiger partial charge is 0.497 e. The fourth-order valence-corrected chi connectivity index (χ4v) is 4.09. The predicted octanol–water partition coefficient (Wildman–Crippen LogP) is 4.24. The molecule has 3 aromatic rings. The van der Waals surface area contributed by atoms with Gasteiger partial charge in [-0.3, -0.25) is 9.69 Å². The maximum absolute atomic E-state index is 13.0. The van der Waals surface area contributed by atoms with Gasteiger partial charge in [0.05, 0.1) is 22.3 Å². The lowest BCUT2D eigenvalue weighted by Crippen LogP contribution is -2.39. The average Bonchev–Trinajstić information content (AvgIpc) is 3.16. The summed E-state index contributed by atoms with van der Waals surface area (Å²) in [5, 5.41) is 1.27. The van der Waals surface area contributed by atoms with Gasteiger partial charge < -0.3 is 14.4 Å². The molecule has 0 saturated heterocycles. The van der Waals surface area contributed by atoms with Gasteiger partial charge in [0.1, 0.15) is 11.5 Å². The van der Waals surface area contributed by atoms with Crippen molar-refractivity contribution in [1.29, 1.82) is 0 Å². The first-order valence-corrected chi connectivity index (χ1v) is 10.4. The zero-order valence-electron chi connectivity index (χ0n) is 16.9. The summed E-state index contributed by atoms with van der Waals surface area (Å²) in [6.45, 7) is 3.12. The number of aromatic nitrogens is 1. The van der Waals surface area contributed by atoms with Crippen LogP contribution in [0.25, 0.3) is 10.2 Å². The molecule has 2 aromatic carbocycles. The molecule has 1 aromatic heterocycles. The lowest BCUT2D eigenvalue weighted by atomic mass is 10.2. The molecule has 0 unspecified atom stereocenters. The molecule has 0 radical (unpaired) electrons. The second-order valence-electron chi connectivity index (χ2n) is 6.85. The van der Waals surface area contributed by atoms with E-state index in [1.54, 1.807) is 36.3 Å². The first-order chi connectivity index (χ1) is 13.9. The molecule has 0 spiro atoms. The van der Waals surface area contributed by atoms with Crippen LogP contribution in [0.5, 0.6) is 11.5 Å². The number of halogens is 1. The molecule has 8 heteroatoms. The van der Waals surface area contributed by atoms with Crippen LogP contribution in [0.1, 0.15) is 5.56 Å². The summed E-state index contributed by atoms with van der Waals surface area (Å²) in [7, 11) is 5.54. The number of methoxy groups -OCH3 is 1. The summed E-state index contributed by atoms with van der Waals surface area (Å²) in [6, 6.07) is 10.9. The van der Waals surface area contributed by atoms with Crippen LogP contribution in [0.2, 0.25) is 5.02 Å². The van der Waals surface area contributed by atoms with E-state index in [2.05, 4.69) is 0 Å². The van der Waals surface area contributed by atoms with Crippen molar-refractivity contribution < 1.29 is 14.3 Å². The molecular weight excluding hydrogens is 410 g/mol. The van der Waals surface area contributed by atoms with Gasteiger partial charge >= 0.3 is 0 Å². The van der Waals surface area contributed by atoms with Crippen LogP contribution in [-0.4, -0.2) is 56.7 Å². The van der Waals surface area contributed by atoms with Crippen molar-refractivity contribution in [3.63, 3.8) is 0 Å². The van der Waals surface area contributed by atoms with Gasteiger partial charge in [-0.2, -0.15) is 0 Å². The van der Waals surface area contributed by atoms with Crippen LogP contribution in [-0.2, 0) is 4.79 Å². The monoisotopic (exact) mass is 433 g/mol. The van der Waals surface area contributed by atoms with Crippen LogP contribution in [0, 0.1) is 6.92 Å². The fourth-order valence-electron chi connectivity index (χ4n) is 2.73. The maximum Gasteiger partial charge on any atom is 0.266 e. The molecule has 154 valence electrons. The van der Waals surface area contributed by atoms with Gasteiger partial charge in [-0.1, -0.05) is 29.0 Å². The van der Waals surface area contributed by atoms with Crippen molar-refractivity contribution >= 4 is 44.2 Å². The molecule has 0 aliphatic rings. The number of thiazole rings is 1. The van der Waals surface area contributed by atoms with Gasteiger partial charge in [-0.15, -0.1) is 0 Å². The molecule has 3 rings (SSSR count). The minimum Gasteiger partial charge on any atom is -0.497 e. The van der Waals surface area contributed by atoms with E-state index in [1.165, 1.54) is 11.3 Å². The first-order valence-electron chi connectivity index (χ1n) is 9.16. The zero-order valence-corrected chi connectivity index (χ0v) is 18.5. The number of fused-ring (bicyclic) bond motifs is 1. The summed E-state index contributed by atoms with van der Waals surface area (Å²) in [4.78, 5) is 21.4. The van der Waals surface area contributed by atoms with Gasteiger partial charge in [0.25, 0.3) is 5.91 Å². The molecule has 0 saturated carbocycles. The van der Waals surface area contributed by atoms with E-state index in [4.69, 9.17) is 26.1 Å². The highest BCUT2D eigenvalue weighted by Crippen LogP contribution is 2.35. The van der Waals surface area contributed by atoms with E-state index in [1.807, 2.05) is 38.1 Å². The second kappa shape index (κ2) is 9.43.